The van der Waals surface area contributed by atoms with Crippen molar-refractivity contribution < 1.29 is 13.7 Å². The van der Waals surface area contributed by atoms with Crippen LogP contribution in [-0.2, 0) is 0 Å². The second-order valence-corrected chi connectivity index (χ2v) is 4.78. The molecule has 2 amide bonds. The molecule has 2 N–H and O–H groups in total. The van der Waals surface area contributed by atoms with Crippen molar-refractivity contribution in [1.29, 1.82) is 0 Å². The highest BCUT2D eigenvalue weighted by Gasteiger charge is 2.19. The quantitative estimate of drug-likeness (QED) is 0.772. The summed E-state index contributed by atoms with van der Waals surface area (Å²) in [6.07, 6.45) is 1.58. The lowest BCUT2D eigenvalue weighted by molar-refractivity contribution is 0.248. The minimum Gasteiger partial charge on any atom is -0.467 e. The molecule has 1 unspecified atom stereocenters. The Kier molecular flexibility index (Phi) is 3.91. The summed E-state index contributed by atoms with van der Waals surface area (Å²) in [6.45, 7) is 1.76. The van der Waals surface area contributed by atoms with Gasteiger partial charge in [0.15, 0.2) is 5.82 Å². The van der Waals surface area contributed by atoms with Gasteiger partial charge < -0.3 is 14.3 Å². The van der Waals surface area contributed by atoms with Crippen molar-refractivity contribution >= 4 is 11.8 Å². The van der Waals surface area contributed by atoms with Crippen LogP contribution in [0.15, 0.2) is 63.7 Å². The molecule has 0 saturated carbocycles. The minimum atomic E-state index is -0.390. The predicted octanol–water partition coefficient (Wildman–Crippen LogP) is 3.49. The van der Waals surface area contributed by atoms with Gasteiger partial charge in [-0.05, 0) is 24.6 Å². The van der Waals surface area contributed by atoms with Gasteiger partial charge in [-0.1, -0.05) is 35.5 Å². The van der Waals surface area contributed by atoms with E-state index in [2.05, 4.69) is 15.8 Å². The zero-order chi connectivity index (χ0) is 15.4. The lowest BCUT2D eigenvalue weighted by atomic mass is 10.1. The first-order valence-corrected chi connectivity index (χ1v) is 6.81. The van der Waals surface area contributed by atoms with Gasteiger partial charge in [-0.15, -0.1) is 0 Å². The Balaban J connectivity index is 1.77. The van der Waals surface area contributed by atoms with Gasteiger partial charge in [0.1, 0.15) is 17.6 Å². The molecule has 1 atom stereocenters. The standard InChI is InChI=1S/C16H15N3O3/c1-11-10-14(19-22-11)17-16(20)18-15(13-8-5-9-21-13)12-6-3-2-4-7-12/h2-10,15H,1H3,(H2,17,18,19,20). The fourth-order valence-corrected chi connectivity index (χ4v) is 2.13. The molecule has 1 aromatic carbocycles. The van der Waals surface area contributed by atoms with Crippen molar-refractivity contribution in [2.75, 3.05) is 5.32 Å². The van der Waals surface area contributed by atoms with E-state index in [1.54, 1.807) is 25.3 Å². The molecule has 22 heavy (non-hydrogen) atoms. The van der Waals surface area contributed by atoms with Crippen LogP contribution in [0.2, 0.25) is 0 Å². The average Bonchev–Trinajstić information content (AvgIpc) is 3.18. The summed E-state index contributed by atoms with van der Waals surface area (Å²) < 4.78 is 10.3. The zero-order valence-corrected chi connectivity index (χ0v) is 11.9. The van der Waals surface area contributed by atoms with E-state index in [1.807, 2.05) is 36.4 Å². The first-order chi connectivity index (χ1) is 10.7. The van der Waals surface area contributed by atoms with Crippen molar-refractivity contribution in [1.82, 2.24) is 10.5 Å². The smallest absolute Gasteiger partial charge is 0.321 e. The van der Waals surface area contributed by atoms with Crippen LogP contribution in [0.1, 0.15) is 23.1 Å². The molecule has 0 fully saturated rings. The number of aryl methyl sites for hydroxylation is 1. The number of furan rings is 1. The number of urea groups is 1. The van der Waals surface area contributed by atoms with Crippen molar-refractivity contribution in [2.24, 2.45) is 0 Å². The van der Waals surface area contributed by atoms with Crippen LogP contribution in [0.4, 0.5) is 10.6 Å². The first-order valence-electron chi connectivity index (χ1n) is 6.81. The molecule has 2 heterocycles. The largest absolute Gasteiger partial charge is 0.467 e. The van der Waals surface area contributed by atoms with Crippen LogP contribution in [0.25, 0.3) is 0 Å². The molecule has 6 nitrogen and oxygen atoms in total. The number of aromatic nitrogens is 1. The Hall–Kier alpha value is -3.02. The summed E-state index contributed by atoms with van der Waals surface area (Å²) in [4.78, 5) is 12.2. The Labute approximate surface area is 127 Å². The zero-order valence-electron chi connectivity index (χ0n) is 11.9. The van der Waals surface area contributed by atoms with Gasteiger partial charge in [0, 0.05) is 6.07 Å². The molecule has 2 aromatic heterocycles. The third-order valence-corrected chi connectivity index (χ3v) is 3.11. The Morgan fingerprint density at radius 1 is 1.18 bits per heavy atom. The minimum absolute atomic E-state index is 0.362. The molecule has 0 radical (unpaired) electrons. The molecule has 3 aromatic rings. The molecular weight excluding hydrogens is 282 g/mol. The molecule has 0 bridgehead atoms. The number of anilines is 1. The maximum Gasteiger partial charge on any atom is 0.321 e. The molecule has 0 aliphatic carbocycles. The average molecular weight is 297 g/mol. The van der Waals surface area contributed by atoms with E-state index in [-0.39, 0.29) is 6.04 Å². The van der Waals surface area contributed by atoms with Crippen molar-refractivity contribution in [2.45, 2.75) is 13.0 Å². The van der Waals surface area contributed by atoms with Crippen LogP contribution in [-0.4, -0.2) is 11.2 Å². The van der Waals surface area contributed by atoms with Crippen LogP contribution < -0.4 is 10.6 Å². The van der Waals surface area contributed by atoms with Gasteiger partial charge in [0.05, 0.1) is 6.26 Å². The number of hydrogen-bond acceptors (Lipinski definition) is 4. The molecule has 112 valence electrons. The van der Waals surface area contributed by atoms with E-state index < -0.39 is 6.03 Å². The molecular formula is C16H15N3O3. The molecule has 0 aliphatic rings. The Bertz CT molecular complexity index is 735. The summed E-state index contributed by atoms with van der Waals surface area (Å²) in [5, 5.41) is 9.22. The van der Waals surface area contributed by atoms with Gasteiger partial charge >= 0.3 is 6.03 Å². The first kappa shape index (κ1) is 13.9. The maximum atomic E-state index is 12.2. The monoisotopic (exact) mass is 297 g/mol. The molecule has 6 heteroatoms. The van der Waals surface area contributed by atoms with E-state index in [0.29, 0.717) is 17.3 Å². The molecule has 0 spiro atoms. The fourth-order valence-electron chi connectivity index (χ4n) is 2.13. The number of nitrogens with one attached hydrogen (secondary N) is 2. The second-order valence-electron chi connectivity index (χ2n) is 4.78. The van der Waals surface area contributed by atoms with E-state index in [0.717, 1.165) is 5.56 Å². The number of carbonyl (C=O) groups excluding carboxylic acids is 1. The van der Waals surface area contributed by atoms with Gasteiger partial charge in [-0.2, -0.15) is 0 Å². The lowest BCUT2D eigenvalue weighted by Crippen LogP contribution is -2.33. The number of carbonyl (C=O) groups is 1. The van der Waals surface area contributed by atoms with Crippen LogP contribution in [0.3, 0.4) is 0 Å². The van der Waals surface area contributed by atoms with Crippen LogP contribution >= 0.6 is 0 Å². The van der Waals surface area contributed by atoms with Crippen molar-refractivity contribution in [3.05, 3.63) is 71.9 Å². The topological polar surface area (TPSA) is 80.3 Å². The van der Waals surface area contributed by atoms with E-state index >= 15 is 0 Å². The molecule has 0 saturated heterocycles. The summed E-state index contributed by atoms with van der Waals surface area (Å²) in [6, 6.07) is 14.1. The highest BCUT2D eigenvalue weighted by Crippen LogP contribution is 2.22. The SMILES string of the molecule is Cc1cc(NC(=O)NC(c2ccccc2)c2ccco2)no1. The van der Waals surface area contributed by atoms with E-state index in [4.69, 9.17) is 8.94 Å². The fraction of sp³-hybridized carbons (Fsp3) is 0.125. The van der Waals surface area contributed by atoms with Crippen LogP contribution in [0, 0.1) is 6.92 Å². The highest BCUT2D eigenvalue weighted by molar-refractivity contribution is 5.88. The van der Waals surface area contributed by atoms with Gasteiger partial charge in [0.2, 0.25) is 0 Å². The summed E-state index contributed by atoms with van der Waals surface area (Å²) in [7, 11) is 0. The van der Waals surface area contributed by atoms with Crippen molar-refractivity contribution in [3.63, 3.8) is 0 Å². The number of nitrogens with zero attached hydrogens (tertiary/aromatic N) is 1. The normalized spacial score (nSPS) is 11.9. The van der Waals surface area contributed by atoms with E-state index in [9.17, 15) is 4.79 Å². The number of rotatable bonds is 4. The summed E-state index contributed by atoms with van der Waals surface area (Å²) >= 11 is 0. The highest BCUT2D eigenvalue weighted by atomic mass is 16.5. The predicted molar refractivity (Wildman–Crippen MR) is 80.4 cm³/mol. The molecule has 3 rings (SSSR count). The van der Waals surface area contributed by atoms with Gasteiger partial charge in [-0.25, -0.2) is 4.79 Å². The maximum absolute atomic E-state index is 12.2. The van der Waals surface area contributed by atoms with E-state index in [1.165, 1.54) is 0 Å². The third-order valence-electron chi connectivity index (χ3n) is 3.11. The number of hydrogen-bond donors (Lipinski definition) is 2. The number of amides is 2. The van der Waals surface area contributed by atoms with Crippen molar-refractivity contribution in [3.8, 4) is 0 Å². The molecule has 0 aliphatic heterocycles. The Morgan fingerprint density at radius 3 is 2.64 bits per heavy atom. The number of benzene rings is 1. The van der Waals surface area contributed by atoms with Crippen LogP contribution in [0.5, 0.6) is 0 Å². The summed E-state index contributed by atoms with van der Waals surface area (Å²) in [5.41, 5.74) is 0.920. The van der Waals surface area contributed by atoms with Gasteiger partial charge in [0.25, 0.3) is 0 Å². The second kappa shape index (κ2) is 6.17. The third kappa shape index (κ3) is 3.17. The summed E-state index contributed by atoms with van der Waals surface area (Å²) in [5.74, 6) is 1.64. The lowest BCUT2D eigenvalue weighted by Gasteiger charge is -2.17. The Morgan fingerprint density at radius 2 is 2.00 bits per heavy atom. The van der Waals surface area contributed by atoms with Gasteiger partial charge in [-0.3, -0.25) is 5.32 Å².